The summed E-state index contributed by atoms with van der Waals surface area (Å²) in [5, 5.41) is 5.65. The Labute approximate surface area is 148 Å². The number of benzene rings is 1. The lowest BCUT2D eigenvalue weighted by Gasteiger charge is -2.20. The Kier molecular flexibility index (Phi) is 7.89. The van der Waals surface area contributed by atoms with Crippen LogP contribution in [0, 0.1) is 5.92 Å². The maximum absolute atomic E-state index is 11.5. The molecule has 0 fully saturated rings. The molecule has 0 heterocycles. The molecule has 2 N–H and O–H groups in total. The quantitative estimate of drug-likeness (QED) is 0.681. The largest absolute Gasteiger partial charge is 0.492 e. The normalized spacial score (nSPS) is 11.4. The van der Waals surface area contributed by atoms with Crippen LogP contribution in [-0.4, -0.2) is 25.7 Å². The van der Waals surface area contributed by atoms with E-state index >= 15 is 0 Å². The van der Waals surface area contributed by atoms with Crippen LogP contribution in [0.3, 0.4) is 0 Å². The molecule has 23 heavy (non-hydrogen) atoms. The van der Waals surface area contributed by atoms with Gasteiger partial charge in [0.15, 0.2) is 0 Å². The van der Waals surface area contributed by atoms with Gasteiger partial charge in [-0.1, -0.05) is 40.7 Å². The van der Waals surface area contributed by atoms with Gasteiger partial charge >= 0.3 is 6.03 Å². The zero-order valence-corrected chi connectivity index (χ0v) is 16.4. The molecule has 2 amide bonds. The van der Waals surface area contributed by atoms with E-state index in [1.54, 1.807) is 0 Å². The molecule has 0 bridgehead atoms. The Hall–Kier alpha value is -1.23. The van der Waals surface area contributed by atoms with Gasteiger partial charge in [0, 0.05) is 13.1 Å². The van der Waals surface area contributed by atoms with E-state index in [4.69, 9.17) is 4.74 Å². The minimum absolute atomic E-state index is 0.116. The van der Waals surface area contributed by atoms with Crippen molar-refractivity contribution in [3.63, 3.8) is 0 Å². The van der Waals surface area contributed by atoms with Gasteiger partial charge in [-0.05, 0) is 51.4 Å². The molecule has 130 valence electrons. The number of carbonyl (C=O) groups excluding carboxylic acids is 1. The van der Waals surface area contributed by atoms with Crippen molar-refractivity contribution >= 4 is 22.0 Å². The van der Waals surface area contributed by atoms with Crippen LogP contribution >= 0.6 is 15.9 Å². The maximum Gasteiger partial charge on any atom is 0.314 e. The van der Waals surface area contributed by atoms with Crippen molar-refractivity contribution in [2.24, 2.45) is 5.92 Å². The van der Waals surface area contributed by atoms with E-state index in [0.29, 0.717) is 25.6 Å². The van der Waals surface area contributed by atoms with Crippen molar-refractivity contribution in [2.45, 2.75) is 46.5 Å². The molecule has 0 radical (unpaired) electrons. The number of hydrogen-bond acceptors (Lipinski definition) is 2. The molecule has 5 heteroatoms. The predicted molar refractivity (Wildman–Crippen MR) is 99.2 cm³/mol. The predicted octanol–water partition coefficient (Wildman–Crippen LogP) is 4.47. The van der Waals surface area contributed by atoms with Crippen LogP contribution in [-0.2, 0) is 5.41 Å². The van der Waals surface area contributed by atoms with Crippen molar-refractivity contribution in [2.75, 3.05) is 19.7 Å². The summed E-state index contributed by atoms with van der Waals surface area (Å²) >= 11 is 3.56. The minimum atomic E-state index is -0.116. The van der Waals surface area contributed by atoms with E-state index in [0.717, 1.165) is 16.6 Å². The smallest absolute Gasteiger partial charge is 0.314 e. The van der Waals surface area contributed by atoms with Gasteiger partial charge in [0.2, 0.25) is 0 Å². The van der Waals surface area contributed by atoms with Crippen molar-refractivity contribution in [3.8, 4) is 5.75 Å². The van der Waals surface area contributed by atoms with Gasteiger partial charge in [0.1, 0.15) is 5.75 Å². The summed E-state index contributed by atoms with van der Waals surface area (Å²) in [7, 11) is 0. The lowest BCUT2D eigenvalue weighted by atomic mass is 9.87. The van der Waals surface area contributed by atoms with E-state index in [2.05, 4.69) is 73.3 Å². The standard InChI is InChI=1S/C18H29BrN2O2/c1-13(2)12-21-17(22)20-9-6-10-23-16-8-7-14(11-15(16)19)18(3,4)5/h7-8,11,13H,6,9-10,12H2,1-5H3,(H2,20,21,22). The topological polar surface area (TPSA) is 50.4 Å². The van der Waals surface area contributed by atoms with Crippen molar-refractivity contribution in [1.82, 2.24) is 10.6 Å². The third-order valence-corrected chi connectivity index (χ3v) is 3.95. The van der Waals surface area contributed by atoms with Crippen LogP contribution < -0.4 is 15.4 Å². The monoisotopic (exact) mass is 384 g/mol. The molecule has 1 aromatic carbocycles. The minimum Gasteiger partial charge on any atom is -0.492 e. The van der Waals surface area contributed by atoms with Gasteiger partial charge in [0.25, 0.3) is 0 Å². The molecule has 0 aliphatic heterocycles. The third-order valence-electron chi connectivity index (χ3n) is 3.33. The first-order valence-electron chi connectivity index (χ1n) is 8.14. The summed E-state index contributed by atoms with van der Waals surface area (Å²) in [6.07, 6.45) is 0.766. The number of hydrogen-bond donors (Lipinski definition) is 2. The summed E-state index contributed by atoms with van der Waals surface area (Å²) < 4.78 is 6.73. The number of ether oxygens (including phenoxy) is 1. The zero-order valence-electron chi connectivity index (χ0n) is 14.8. The molecule has 0 aliphatic carbocycles. The number of amides is 2. The van der Waals surface area contributed by atoms with E-state index in [9.17, 15) is 4.79 Å². The number of rotatable bonds is 7. The first-order chi connectivity index (χ1) is 10.7. The molecular formula is C18H29BrN2O2. The molecule has 0 atom stereocenters. The van der Waals surface area contributed by atoms with Crippen LogP contribution in [0.15, 0.2) is 22.7 Å². The molecule has 0 unspecified atom stereocenters. The van der Waals surface area contributed by atoms with Crippen molar-refractivity contribution in [1.29, 1.82) is 0 Å². The van der Waals surface area contributed by atoms with Gasteiger partial charge in [-0.3, -0.25) is 0 Å². The fraction of sp³-hybridized carbons (Fsp3) is 0.611. The van der Waals surface area contributed by atoms with E-state index < -0.39 is 0 Å². The van der Waals surface area contributed by atoms with Gasteiger partial charge in [0.05, 0.1) is 11.1 Å². The third kappa shape index (κ3) is 7.73. The maximum atomic E-state index is 11.5. The summed E-state index contributed by atoms with van der Waals surface area (Å²) in [6.45, 7) is 12.5. The Balaban J connectivity index is 2.30. The Morgan fingerprint density at radius 2 is 1.96 bits per heavy atom. The first kappa shape index (κ1) is 19.8. The van der Waals surface area contributed by atoms with Crippen LogP contribution in [0.4, 0.5) is 4.79 Å². The Morgan fingerprint density at radius 1 is 1.26 bits per heavy atom. The summed E-state index contributed by atoms with van der Waals surface area (Å²) in [4.78, 5) is 11.5. The summed E-state index contributed by atoms with van der Waals surface area (Å²) in [5.74, 6) is 1.29. The van der Waals surface area contributed by atoms with Crippen molar-refractivity contribution < 1.29 is 9.53 Å². The highest BCUT2D eigenvalue weighted by molar-refractivity contribution is 9.10. The lowest BCUT2D eigenvalue weighted by Crippen LogP contribution is -2.38. The molecule has 4 nitrogen and oxygen atoms in total. The van der Waals surface area contributed by atoms with Crippen LogP contribution in [0.2, 0.25) is 0 Å². The Bertz CT molecular complexity index is 510. The molecular weight excluding hydrogens is 356 g/mol. The van der Waals surface area contributed by atoms with Gasteiger partial charge in [-0.25, -0.2) is 4.79 Å². The lowest BCUT2D eigenvalue weighted by molar-refractivity contribution is 0.238. The van der Waals surface area contributed by atoms with E-state index in [-0.39, 0.29) is 11.4 Å². The molecule has 0 saturated carbocycles. The van der Waals surface area contributed by atoms with Gasteiger partial charge in [-0.2, -0.15) is 0 Å². The van der Waals surface area contributed by atoms with Crippen LogP contribution in [0.5, 0.6) is 5.75 Å². The average molecular weight is 385 g/mol. The first-order valence-corrected chi connectivity index (χ1v) is 8.94. The second kappa shape index (κ2) is 9.16. The fourth-order valence-corrected chi connectivity index (χ4v) is 2.39. The number of carbonyl (C=O) groups is 1. The molecule has 0 aliphatic rings. The zero-order chi connectivity index (χ0) is 17.5. The second-order valence-corrected chi connectivity index (χ2v) is 7.98. The highest BCUT2D eigenvalue weighted by Crippen LogP contribution is 2.31. The molecule has 0 aromatic heterocycles. The van der Waals surface area contributed by atoms with E-state index in [1.165, 1.54) is 5.56 Å². The Morgan fingerprint density at radius 3 is 2.52 bits per heavy atom. The van der Waals surface area contributed by atoms with Gasteiger partial charge < -0.3 is 15.4 Å². The molecule has 1 rings (SSSR count). The second-order valence-electron chi connectivity index (χ2n) is 7.13. The highest BCUT2D eigenvalue weighted by atomic mass is 79.9. The number of halogens is 1. The highest BCUT2D eigenvalue weighted by Gasteiger charge is 2.15. The number of nitrogens with one attached hydrogen (secondary N) is 2. The van der Waals surface area contributed by atoms with Crippen LogP contribution in [0.25, 0.3) is 0 Å². The summed E-state index contributed by atoms with van der Waals surface area (Å²) in [6, 6.07) is 6.08. The van der Waals surface area contributed by atoms with Crippen LogP contribution in [0.1, 0.15) is 46.6 Å². The number of urea groups is 1. The van der Waals surface area contributed by atoms with Crippen molar-refractivity contribution in [3.05, 3.63) is 28.2 Å². The molecule has 0 spiro atoms. The van der Waals surface area contributed by atoms with Gasteiger partial charge in [-0.15, -0.1) is 0 Å². The SMILES string of the molecule is CC(C)CNC(=O)NCCCOc1ccc(C(C)(C)C)cc1Br. The summed E-state index contributed by atoms with van der Waals surface area (Å²) in [5.41, 5.74) is 1.38. The average Bonchev–Trinajstić information content (AvgIpc) is 2.45. The molecule has 1 aromatic rings. The fourth-order valence-electron chi connectivity index (χ4n) is 1.90. The molecule has 0 saturated heterocycles. The van der Waals surface area contributed by atoms with E-state index in [1.807, 2.05) is 6.07 Å².